The SMILES string of the molecule is CCCN=c1oc(=O)c2sc3c(=NCCC)oc(=O)c3sc12. The molecule has 0 bridgehead atoms. The minimum absolute atomic E-state index is 0.303. The third kappa shape index (κ3) is 2.52. The summed E-state index contributed by atoms with van der Waals surface area (Å²) in [4.78, 5) is 32.5. The topological polar surface area (TPSA) is 85.1 Å². The van der Waals surface area contributed by atoms with E-state index in [1.165, 1.54) is 22.7 Å². The van der Waals surface area contributed by atoms with Crippen LogP contribution in [0.4, 0.5) is 0 Å². The molecule has 116 valence electrons. The van der Waals surface area contributed by atoms with Crippen LogP contribution in [0.2, 0.25) is 0 Å². The Labute approximate surface area is 132 Å². The van der Waals surface area contributed by atoms with Crippen molar-refractivity contribution in [2.24, 2.45) is 9.98 Å². The van der Waals surface area contributed by atoms with Crippen LogP contribution in [0.5, 0.6) is 0 Å². The van der Waals surface area contributed by atoms with Crippen LogP contribution in [0.1, 0.15) is 26.7 Å². The molecule has 0 saturated heterocycles. The molecule has 0 saturated carbocycles. The van der Waals surface area contributed by atoms with E-state index in [0.29, 0.717) is 43.0 Å². The van der Waals surface area contributed by atoms with Crippen molar-refractivity contribution in [2.75, 3.05) is 13.1 Å². The average molecular weight is 338 g/mol. The Morgan fingerprint density at radius 2 is 1.18 bits per heavy atom. The molecule has 0 radical (unpaired) electrons. The molecule has 0 aliphatic rings. The summed E-state index contributed by atoms with van der Waals surface area (Å²) >= 11 is 2.37. The summed E-state index contributed by atoms with van der Waals surface area (Å²) in [5.74, 6) is 0. The van der Waals surface area contributed by atoms with E-state index in [1.54, 1.807) is 0 Å². The third-order valence-electron chi connectivity index (χ3n) is 2.92. The van der Waals surface area contributed by atoms with Gasteiger partial charge in [0.25, 0.3) is 0 Å². The molecule has 3 rings (SSSR count). The molecule has 8 heteroatoms. The highest BCUT2D eigenvalue weighted by Crippen LogP contribution is 2.25. The normalized spacial score (nSPS) is 13.7. The van der Waals surface area contributed by atoms with E-state index in [2.05, 4.69) is 9.98 Å². The first-order valence-corrected chi connectivity index (χ1v) is 8.67. The number of hydrogen-bond donors (Lipinski definition) is 0. The summed E-state index contributed by atoms with van der Waals surface area (Å²) in [5.41, 5.74) is -0.249. The molecule has 0 spiro atoms. The Bertz CT molecular complexity index is 969. The van der Waals surface area contributed by atoms with Crippen molar-refractivity contribution in [2.45, 2.75) is 26.7 Å². The van der Waals surface area contributed by atoms with Gasteiger partial charge in [-0.1, -0.05) is 13.8 Å². The summed E-state index contributed by atoms with van der Waals surface area (Å²) in [5, 5.41) is 0. The summed E-state index contributed by atoms with van der Waals surface area (Å²) in [6.45, 7) is 5.13. The van der Waals surface area contributed by atoms with Gasteiger partial charge in [0.15, 0.2) is 0 Å². The van der Waals surface area contributed by atoms with Crippen LogP contribution in [0.15, 0.2) is 28.4 Å². The quantitative estimate of drug-likeness (QED) is 0.729. The second-order valence-corrected chi connectivity index (χ2v) is 6.71. The maximum Gasteiger partial charge on any atom is 0.356 e. The van der Waals surface area contributed by atoms with Crippen molar-refractivity contribution in [3.63, 3.8) is 0 Å². The van der Waals surface area contributed by atoms with Crippen molar-refractivity contribution in [3.8, 4) is 0 Å². The lowest BCUT2D eigenvalue weighted by Crippen LogP contribution is -2.00. The van der Waals surface area contributed by atoms with E-state index >= 15 is 0 Å². The molecular weight excluding hydrogens is 324 g/mol. The molecule has 3 heterocycles. The van der Waals surface area contributed by atoms with Gasteiger partial charge in [0.1, 0.15) is 18.8 Å². The fourth-order valence-electron chi connectivity index (χ4n) is 1.94. The Balaban J connectivity index is 2.39. The second-order valence-electron chi connectivity index (χ2n) is 4.67. The highest BCUT2D eigenvalue weighted by atomic mass is 32.1. The van der Waals surface area contributed by atoms with Gasteiger partial charge in [0.2, 0.25) is 11.1 Å². The Morgan fingerprint density at radius 1 is 0.773 bits per heavy atom. The minimum Gasteiger partial charge on any atom is -0.402 e. The van der Waals surface area contributed by atoms with Crippen LogP contribution >= 0.6 is 22.7 Å². The van der Waals surface area contributed by atoms with Crippen LogP contribution < -0.4 is 22.4 Å². The molecule has 22 heavy (non-hydrogen) atoms. The predicted octanol–water partition coefficient (Wildman–Crippen LogP) is 2.08. The van der Waals surface area contributed by atoms with Gasteiger partial charge >= 0.3 is 11.3 Å². The molecule has 0 unspecified atom stereocenters. The molecule has 0 aliphatic heterocycles. The maximum atomic E-state index is 12.0. The van der Waals surface area contributed by atoms with Crippen molar-refractivity contribution in [1.29, 1.82) is 0 Å². The summed E-state index contributed by atoms with van der Waals surface area (Å²) in [6.07, 6.45) is 1.70. The van der Waals surface area contributed by atoms with Gasteiger partial charge in [0.05, 0.1) is 0 Å². The van der Waals surface area contributed by atoms with Gasteiger partial charge < -0.3 is 8.83 Å². The van der Waals surface area contributed by atoms with Gasteiger partial charge in [-0.05, 0) is 12.8 Å². The first-order chi connectivity index (χ1) is 10.7. The van der Waals surface area contributed by atoms with E-state index in [9.17, 15) is 9.59 Å². The number of rotatable bonds is 4. The van der Waals surface area contributed by atoms with Gasteiger partial charge in [-0.3, -0.25) is 9.98 Å². The molecule has 3 aromatic rings. The first kappa shape index (κ1) is 15.1. The van der Waals surface area contributed by atoms with Crippen LogP contribution in [-0.2, 0) is 0 Å². The lowest BCUT2D eigenvalue weighted by atomic mass is 10.5. The maximum absolute atomic E-state index is 12.0. The summed E-state index contributed by atoms with van der Waals surface area (Å²) < 4.78 is 12.5. The molecule has 0 fully saturated rings. The Hall–Kier alpha value is -1.80. The van der Waals surface area contributed by atoms with Gasteiger partial charge in [-0.25, -0.2) is 9.59 Å². The molecule has 0 aromatic carbocycles. The smallest absolute Gasteiger partial charge is 0.356 e. The fourth-order valence-corrected chi connectivity index (χ4v) is 4.19. The summed E-state index contributed by atoms with van der Waals surface area (Å²) in [6, 6.07) is 0. The number of fused-ring (bicyclic) bond motifs is 2. The van der Waals surface area contributed by atoms with Gasteiger partial charge in [-0.2, -0.15) is 0 Å². The van der Waals surface area contributed by atoms with Crippen LogP contribution in [-0.4, -0.2) is 13.1 Å². The molecule has 0 amide bonds. The molecular formula is C14H14N2O4S2. The molecule has 6 nitrogen and oxygen atoms in total. The third-order valence-corrected chi connectivity index (χ3v) is 5.49. The number of nitrogens with zero attached hydrogens (tertiary/aromatic N) is 2. The van der Waals surface area contributed by atoms with E-state index in [4.69, 9.17) is 8.83 Å². The average Bonchev–Trinajstić information content (AvgIpc) is 3.00. The number of hydrogen-bond acceptors (Lipinski definition) is 8. The van der Waals surface area contributed by atoms with Crippen LogP contribution in [0.25, 0.3) is 18.8 Å². The van der Waals surface area contributed by atoms with Crippen molar-refractivity contribution < 1.29 is 8.83 Å². The van der Waals surface area contributed by atoms with Crippen LogP contribution in [0.3, 0.4) is 0 Å². The van der Waals surface area contributed by atoms with E-state index < -0.39 is 11.3 Å². The standard InChI is InChI=1S/C14H14N2O4S2/c1-3-5-15-11-7-9(13(17)19-11)22-8-10(21-7)14(18)20-12(8)16-6-4-2/h3-6H2,1-2H3. The van der Waals surface area contributed by atoms with Crippen molar-refractivity contribution >= 4 is 41.5 Å². The monoisotopic (exact) mass is 338 g/mol. The lowest BCUT2D eigenvalue weighted by Gasteiger charge is -1.87. The summed E-state index contributed by atoms with van der Waals surface area (Å²) in [7, 11) is 0. The minimum atomic E-state index is -0.428. The zero-order valence-corrected chi connectivity index (χ0v) is 13.8. The van der Waals surface area contributed by atoms with Crippen LogP contribution in [0, 0.1) is 0 Å². The van der Waals surface area contributed by atoms with E-state index in [-0.39, 0.29) is 0 Å². The Morgan fingerprint density at radius 3 is 1.55 bits per heavy atom. The zero-order chi connectivity index (χ0) is 15.7. The zero-order valence-electron chi connectivity index (χ0n) is 12.2. The predicted molar refractivity (Wildman–Crippen MR) is 86.9 cm³/mol. The largest absolute Gasteiger partial charge is 0.402 e. The van der Waals surface area contributed by atoms with Crippen molar-refractivity contribution in [3.05, 3.63) is 31.9 Å². The Kier molecular flexibility index (Phi) is 4.21. The number of furan rings is 2. The molecule has 0 N–H and O–H groups in total. The van der Waals surface area contributed by atoms with E-state index in [1.807, 2.05) is 13.8 Å². The first-order valence-electron chi connectivity index (χ1n) is 7.04. The van der Waals surface area contributed by atoms with E-state index in [0.717, 1.165) is 12.8 Å². The second kappa shape index (κ2) is 6.13. The lowest BCUT2D eigenvalue weighted by molar-refractivity contribution is 0.480. The van der Waals surface area contributed by atoms with Gasteiger partial charge in [-0.15, -0.1) is 22.7 Å². The highest BCUT2D eigenvalue weighted by molar-refractivity contribution is 7.36. The van der Waals surface area contributed by atoms with Crippen molar-refractivity contribution in [1.82, 2.24) is 0 Å². The van der Waals surface area contributed by atoms with Gasteiger partial charge in [0, 0.05) is 13.1 Å². The molecule has 0 aliphatic carbocycles. The fraction of sp³-hybridized carbons (Fsp3) is 0.429. The molecule has 3 aromatic heterocycles. The molecule has 0 atom stereocenters. The highest BCUT2D eigenvalue weighted by Gasteiger charge is 2.16.